The van der Waals surface area contributed by atoms with E-state index in [9.17, 15) is 4.79 Å². The fraction of sp³-hybridized carbons (Fsp3) is 0.474. The number of hydrogen-bond donors (Lipinski definition) is 2. The molecule has 0 bridgehead atoms. The van der Waals surface area contributed by atoms with Gasteiger partial charge in [-0.1, -0.05) is 40.7 Å². The van der Waals surface area contributed by atoms with Crippen LogP contribution in [0.25, 0.3) is 11.3 Å². The van der Waals surface area contributed by atoms with Gasteiger partial charge in [0.1, 0.15) is 11.4 Å². The SMILES string of the molecule is COc1ccc(C(C)(C)CC(C)(C)C)cc1-c1cc(C(=O)O)[nH]n1. The third kappa shape index (κ3) is 3.96. The number of nitrogens with zero attached hydrogens (tertiary/aromatic N) is 1. The van der Waals surface area contributed by atoms with Gasteiger partial charge in [-0.25, -0.2) is 4.79 Å². The number of benzene rings is 1. The summed E-state index contributed by atoms with van der Waals surface area (Å²) < 4.78 is 5.44. The Kier molecular flexibility index (Phi) is 4.74. The minimum atomic E-state index is -1.03. The van der Waals surface area contributed by atoms with Gasteiger partial charge in [-0.05, 0) is 41.0 Å². The molecule has 5 heteroatoms. The Bertz CT molecular complexity index is 739. The topological polar surface area (TPSA) is 75.2 Å². The first-order valence-electron chi connectivity index (χ1n) is 8.01. The van der Waals surface area contributed by atoms with Crippen molar-refractivity contribution in [3.05, 3.63) is 35.5 Å². The van der Waals surface area contributed by atoms with Crippen LogP contribution in [-0.4, -0.2) is 28.4 Å². The van der Waals surface area contributed by atoms with Gasteiger partial charge in [0.05, 0.1) is 12.8 Å². The number of nitrogens with one attached hydrogen (secondary N) is 1. The number of hydrogen-bond acceptors (Lipinski definition) is 3. The number of methoxy groups -OCH3 is 1. The average molecular weight is 330 g/mol. The Morgan fingerprint density at radius 2 is 1.88 bits per heavy atom. The molecule has 0 amide bonds. The van der Waals surface area contributed by atoms with E-state index in [0.717, 1.165) is 12.0 Å². The van der Waals surface area contributed by atoms with Crippen LogP contribution in [0.5, 0.6) is 5.75 Å². The molecule has 24 heavy (non-hydrogen) atoms. The van der Waals surface area contributed by atoms with E-state index in [1.165, 1.54) is 11.6 Å². The fourth-order valence-electron chi connectivity index (χ4n) is 3.33. The summed E-state index contributed by atoms with van der Waals surface area (Å²) in [7, 11) is 1.60. The molecule has 1 aromatic heterocycles. The molecule has 1 heterocycles. The first-order chi connectivity index (χ1) is 11.0. The molecule has 0 spiro atoms. The Morgan fingerprint density at radius 3 is 2.38 bits per heavy atom. The summed E-state index contributed by atoms with van der Waals surface area (Å²) in [6, 6.07) is 7.57. The summed E-state index contributed by atoms with van der Waals surface area (Å²) in [6.07, 6.45) is 1.02. The van der Waals surface area contributed by atoms with Crippen molar-refractivity contribution in [1.29, 1.82) is 0 Å². The van der Waals surface area contributed by atoms with Gasteiger partial charge in [0.25, 0.3) is 0 Å². The molecule has 2 N–H and O–H groups in total. The van der Waals surface area contributed by atoms with Crippen LogP contribution >= 0.6 is 0 Å². The highest BCUT2D eigenvalue weighted by Gasteiger charge is 2.28. The number of H-pyrrole nitrogens is 1. The molecule has 0 aliphatic heterocycles. The van der Waals surface area contributed by atoms with E-state index in [-0.39, 0.29) is 16.5 Å². The van der Waals surface area contributed by atoms with Gasteiger partial charge in [0.2, 0.25) is 0 Å². The first-order valence-corrected chi connectivity index (χ1v) is 8.01. The lowest BCUT2D eigenvalue weighted by atomic mass is 9.72. The number of aromatic nitrogens is 2. The Labute approximate surface area is 143 Å². The van der Waals surface area contributed by atoms with Gasteiger partial charge in [-0.3, -0.25) is 5.10 Å². The Hall–Kier alpha value is -2.30. The lowest BCUT2D eigenvalue weighted by Gasteiger charge is -2.33. The van der Waals surface area contributed by atoms with Crippen molar-refractivity contribution in [3.8, 4) is 17.0 Å². The Balaban J connectivity index is 2.49. The van der Waals surface area contributed by atoms with Gasteiger partial charge >= 0.3 is 5.97 Å². The average Bonchev–Trinajstić information content (AvgIpc) is 2.94. The number of aromatic amines is 1. The standard InChI is InChI=1S/C19H26N2O3/c1-18(2,3)11-19(4,5)12-7-8-16(24-6)13(9-12)14-10-15(17(22)23)21-20-14/h7-10H,11H2,1-6H3,(H,20,21)(H,22,23). The van der Waals surface area contributed by atoms with Crippen molar-refractivity contribution < 1.29 is 14.6 Å². The smallest absolute Gasteiger partial charge is 0.353 e. The van der Waals surface area contributed by atoms with E-state index in [1.54, 1.807) is 7.11 Å². The predicted octanol–water partition coefficient (Wildman–Crippen LogP) is 4.50. The van der Waals surface area contributed by atoms with E-state index in [2.05, 4.69) is 50.9 Å². The van der Waals surface area contributed by atoms with E-state index < -0.39 is 5.97 Å². The molecule has 1 aromatic carbocycles. The molecular weight excluding hydrogens is 304 g/mol. The van der Waals surface area contributed by atoms with Gasteiger partial charge in [-0.2, -0.15) is 5.10 Å². The highest BCUT2D eigenvalue weighted by molar-refractivity contribution is 5.87. The van der Waals surface area contributed by atoms with E-state index in [1.807, 2.05) is 12.1 Å². The van der Waals surface area contributed by atoms with Crippen LogP contribution in [0.3, 0.4) is 0 Å². The third-order valence-electron chi connectivity index (χ3n) is 4.04. The van der Waals surface area contributed by atoms with E-state index in [0.29, 0.717) is 11.4 Å². The second-order valence-electron chi connectivity index (χ2n) is 8.01. The Morgan fingerprint density at radius 1 is 1.21 bits per heavy atom. The predicted molar refractivity (Wildman–Crippen MR) is 94.6 cm³/mol. The van der Waals surface area contributed by atoms with Crippen molar-refractivity contribution in [3.63, 3.8) is 0 Å². The maximum atomic E-state index is 11.1. The molecule has 0 fully saturated rings. The molecular formula is C19H26N2O3. The highest BCUT2D eigenvalue weighted by atomic mass is 16.5. The zero-order chi connectivity index (χ0) is 18.1. The lowest BCUT2D eigenvalue weighted by molar-refractivity contribution is 0.0690. The second-order valence-corrected chi connectivity index (χ2v) is 8.01. The number of ether oxygens (including phenoxy) is 1. The minimum absolute atomic E-state index is 0.0226. The lowest BCUT2D eigenvalue weighted by Crippen LogP contribution is -2.24. The fourth-order valence-corrected chi connectivity index (χ4v) is 3.33. The van der Waals surface area contributed by atoms with Crippen LogP contribution < -0.4 is 4.74 Å². The largest absolute Gasteiger partial charge is 0.496 e. The summed E-state index contributed by atoms with van der Waals surface area (Å²) in [5.74, 6) is -0.356. The monoisotopic (exact) mass is 330 g/mol. The van der Waals surface area contributed by atoms with Crippen molar-refractivity contribution >= 4 is 5.97 Å². The first kappa shape index (κ1) is 18.0. The van der Waals surface area contributed by atoms with E-state index in [4.69, 9.17) is 9.84 Å². The molecule has 0 radical (unpaired) electrons. The molecule has 0 aliphatic carbocycles. The van der Waals surface area contributed by atoms with Gasteiger partial charge in [0, 0.05) is 5.56 Å². The third-order valence-corrected chi connectivity index (χ3v) is 4.04. The molecule has 5 nitrogen and oxygen atoms in total. The second kappa shape index (κ2) is 6.30. The molecule has 0 aliphatic rings. The molecule has 0 atom stereocenters. The van der Waals surface area contributed by atoms with Gasteiger partial charge in [-0.15, -0.1) is 0 Å². The minimum Gasteiger partial charge on any atom is -0.496 e. The number of carbonyl (C=O) groups is 1. The molecule has 2 rings (SSSR count). The molecule has 2 aromatic rings. The normalized spacial score (nSPS) is 12.2. The maximum Gasteiger partial charge on any atom is 0.353 e. The number of aromatic carboxylic acids is 1. The molecule has 0 saturated carbocycles. The van der Waals surface area contributed by atoms with Gasteiger partial charge in [0.15, 0.2) is 0 Å². The summed E-state index contributed by atoms with van der Waals surface area (Å²) in [4.78, 5) is 11.1. The van der Waals surface area contributed by atoms with Crippen LogP contribution in [0.2, 0.25) is 0 Å². The van der Waals surface area contributed by atoms with Crippen molar-refractivity contribution in [1.82, 2.24) is 10.2 Å². The van der Waals surface area contributed by atoms with Crippen molar-refractivity contribution in [2.24, 2.45) is 5.41 Å². The number of carboxylic acid groups (broad SMARTS) is 1. The summed E-state index contributed by atoms with van der Waals surface area (Å²) in [6.45, 7) is 11.1. The summed E-state index contributed by atoms with van der Waals surface area (Å²) in [5.41, 5.74) is 2.77. The highest BCUT2D eigenvalue weighted by Crippen LogP contribution is 2.39. The van der Waals surface area contributed by atoms with Crippen LogP contribution in [0.1, 0.15) is 57.1 Å². The van der Waals surface area contributed by atoms with Crippen molar-refractivity contribution in [2.45, 2.75) is 46.5 Å². The van der Waals surface area contributed by atoms with Crippen LogP contribution in [0.15, 0.2) is 24.3 Å². The zero-order valence-corrected chi connectivity index (χ0v) is 15.2. The van der Waals surface area contributed by atoms with E-state index >= 15 is 0 Å². The molecule has 0 saturated heterocycles. The van der Waals surface area contributed by atoms with Crippen LogP contribution in [0.4, 0.5) is 0 Å². The number of carboxylic acids is 1. The number of rotatable bonds is 5. The quantitative estimate of drug-likeness (QED) is 0.846. The summed E-state index contributed by atoms with van der Waals surface area (Å²) in [5, 5.41) is 15.8. The zero-order valence-electron chi connectivity index (χ0n) is 15.2. The molecule has 130 valence electrons. The van der Waals surface area contributed by atoms with Gasteiger partial charge < -0.3 is 9.84 Å². The van der Waals surface area contributed by atoms with Crippen LogP contribution in [0, 0.1) is 5.41 Å². The van der Waals surface area contributed by atoms with Crippen molar-refractivity contribution in [2.75, 3.05) is 7.11 Å². The summed E-state index contributed by atoms with van der Waals surface area (Å²) >= 11 is 0. The maximum absolute atomic E-state index is 11.1. The molecule has 0 unspecified atom stereocenters. The van der Waals surface area contributed by atoms with Crippen LogP contribution in [-0.2, 0) is 5.41 Å².